The molecule has 0 saturated carbocycles. The largest absolute Gasteiger partial charge is 0.311 e. The molecule has 1 aliphatic heterocycles. The maximum atomic E-state index is 3.66. The maximum Gasteiger partial charge on any atom is 0.0260 e. The van der Waals surface area contributed by atoms with Crippen molar-refractivity contribution in [3.05, 3.63) is 29.8 Å². The van der Waals surface area contributed by atoms with Gasteiger partial charge >= 0.3 is 0 Å². The summed E-state index contributed by atoms with van der Waals surface area (Å²) in [5.74, 6) is 0. The SMILES string of the molecule is CCC(C)(C)NCC1Cc2ccccc2S1. The van der Waals surface area contributed by atoms with E-state index in [9.17, 15) is 0 Å². The molecule has 0 aromatic heterocycles. The predicted molar refractivity (Wildman–Crippen MR) is 72.2 cm³/mol. The zero-order valence-electron chi connectivity index (χ0n) is 10.4. The van der Waals surface area contributed by atoms with Crippen LogP contribution in [-0.2, 0) is 6.42 Å². The minimum absolute atomic E-state index is 0.273. The molecule has 1 aromatic rings. The Morgan fingerprint density at radius 3 is 2.81 bits per heavy atom. The summed E-state index contributed by atoms with van der Waals surface area (Å²) in [5.41, 5.74) is 1.80. The molecule has 2 heteroatoms. The van der Waals surface area contributed by atoms with Crippen LogP contribution in [-0.4, -0.2) is 17.3 Å². The highest BCUT2D eigenvalue weighted by atomic mass is 32.2. The fraction of sp³-hybridized carbons (Fsp3) is 0.571. The Labute approximate surface area is 103 Å². The first kappa shape index (κ1) is 12.0. The van der Waals surface area contributed by atoms with Crippen LogP contribution in [0.3, 0.4) is 0 Å². The van der Waals surface area contributed by atoms with Gasteiger partial charge in [0, 0.05) is 22.2 Å². The highest BCUT2D eigenvalue weighted by Crippen LogP contribution is 2.36. The molecule has 0 saturated heterocycles. The lowest BCUT2D eigenvalue weighted by Gasteiger charge is -2.26. The van der Waals surface area contributed by atoms with Crippen LogP contribution in [0.1, 0.15) is 32.8 Å². The smallest absolute Gasteiger partial charge is 0.0260 e. The van der Waals surface area contributed by atoms with Crippen LogP contribution >= 0.6 is 11.8 Å². The monoisotopic (exact) mass is 235 g/mol. The number of fused-ring (bicyclic) bond motifs is 1. The van der Waals surface area contributed by atoms with E-state index in [1.54, 1.807) is 0 Å². The van der Waals surface area contributed by atoms with E-state index in [2.05, 4.69) is 50.4 Å². The van der Waals surface area contributed by atoms with Crippen molar-refractivity contribution >= 4 is 11.8 Å². The van der Waals surface area contributed by atoms with Crippen LogP contribution < -0.4 is 5.32 Å². The molecule has 1 heterocycles. The lowest BCUT2D eigenvalue weighted by molar-refractivity contribution is 0.377. The van der Waals surface area contributed by atoms with Crippen molar-refractivity contribution in [1.29, 1.82) is 0 Å². The van der Waals surface area contributed by atoms with E-state index in [1.807, 2.05) is 11.8 Å². The first-order valence-electron chi connectivity index (χ1n) is 6.10. The van der Waals surface area contributed by atoms with Gasteiger partial charge in [-0.15, -0.1) is 11.8 Å². The summed E-state index contributed by atoms with van der Waals surface area (Å²) in [4.78, 5) is 1.48. The van der Waals surface area contributed by atoms with E-state index in [1.165, 1.54) is 23.3 Å². The van der Waals surface area contributed by atoms with Crippen molar-refractivity contribution in [3.8, 4) is 0 Å². The molecule has 0 bridgehead atoms. The van der Waals surface area contributed by atoms with Gasteiger partial charge in [0.25, 0.3) is 0 Å². The Bertz CT molecular complexity index is 335. The Morgan fingerprint density at radius 1 is 1.38 bits per heavy atom. The lowest BCUT2D eigenvalue weighted by atomic mass is 10.0. The Hall–Kier alpha value is -0.470. The highest BCUT2D eigenvalue weighted by molar-refractivity contribution is 8.00. The molecule has 0 spiro atoms. The van der Waals surface area contributed by atoms with Crippen LogP contribution in [0.15, 0.2) is 29.2 Å². The van der Waals surface area contributed by atoms with E-state index >= 15 is 0 Å². The summed E-state index contributed by atoms with van der Waals surface area (Å²) in [5, 5.41) is 4.38. The number of hydrogen-bond donors (Lipinski definition) is 1. The van der Waals surface area contributed by atoms with Gasteiger partial charge in [-0.2, -0.15) is 0 Å². The van der Waals surface area contributed by atoms with Crippen molar-refractivity contribution in [2.75, 3.05) is 6.54 Å². The van der Waals surface area contributed by atoms with Crippen LogP contribution in [0.5, 0.6) is 0 Å². The Balaban J connectivity index is 1.88. The number of benzene rings is 1. The standard InChI is InChI=1S/C14H21NS/c1-4-14(2,3)15-10-12-9-11-7-5-6-8-13(11)16-12/h5-8,12,15H,4,9-10H2,1-3H3. The highest BCUT2D eigenvalue weighted by Gasteiger charge is 2.23. The fourth-order valence-electron chi connectivity index (χ4n) is 1.88. The molecule has 1 atom stereocenters. The van der Waals surface area contributed by atoms with Gasteiger partial charge < -0.3 is 5.32 Å². The second-order valence-corrected chi connectivity index (χ2v) is 6.51. The van der Waals surface area contributed by atoms with Crippen LogP contribution in [0.2, 0.25) is 0 Å². The summed E-state index contributed by atoms with van der Waals surface area (Å²) >= 11 is 2.02. The summed E-state index contributed by atoms with van der Waals surface area (Å²) in [6, 6.07) is 8.78. The molecule has 0 amide bonds. The number of rotatable bonds is 4. The molecule has 0 radical (unpaired) electrons. The summed E-state index contributed by atoms with van der Waals surface area (Å²) in [6.07, 6.45) is 2.39. The van der Waals surface area contributed by atoms with Gasteiger partial charge in [-0.3, -0.25) is 0 Å². The van der Waals surface area contributed by atoms with Gasteiger partial charge in [-0.05, 0) is 38.3 Å². The summed E-state index contributed by atoms with van der Waals surface area (Å²) in [7, 11) is 0. The van der Waals surface area contributed by atoms with Crippen molar-refractivity contribution < 1.29 is 0 Å². The summed E-state index contributed by atoms with van der Waals surface area (Å²) < 4.78 is 0. The van der Waals surface area contributed by atoms with E-state index in [4.69, 9.17) is 0 Å². The van der Waals surface area contributed by atoms with Gasteiger partial charge in [0.1, 0.15) is 0 Å². The number of nitrogens with one attached hydrogen (secondary N) is 1. The molecule has 1 nitrogen and oxygen atoms in total. The predicted octanol–water partition coefficient (Wildman–Crippen LogP) is 3.48. The van der Waals surface area contributed by atoms with Crippen LogP contribution in [0.25, 0.3) is 0 Å². The normalized spacial score (nSPS) is 19.8. The van der Waals surface area contributed by atoms with E-state index < -0.39 is 0 Å². The quantitative estimate of drug-likeness (QED) is 0.857. The van der Waals surface area contributed by atoms with Gasteiger partial charge in [0.15, 0.2) is 0 Å². The van der Waals surface area contributed by atoms with Crippen molar-refractivity contribution in [3.63, 3.8) is 0 Å². The third kappa shape index (κ3) is 2.80. The van der Waals surface area contributed by atoms with Gasteiger partial charge in [0.2, 0.25) is 0 Å². The average molecular weight is 235 g/mol. The Kier molecular flexibility index (Phi) is 3.60. The molecule has 2 rings (SSSR count). The molecule has 1 aliphatic rings. The first-order chi connectivity index (χ1) is 7.61. The molecule has 88 valence electrons. The topological polar surface area (TPSA) is 12.0 Å². The second kappa shape index (κ2) is 4.80. The minimum Gasteiger partial charge on any atom is -0.311 e. The van der Waals surface area contributed by atoms with Crippen molar-refractivity contribution in [2.24, 2.45) is 0 Å². The molecule has 1 unspecified atom stereocenters. The van der Waals surface area contributed by atoms with E-state index in [-0.39, 0.29) is 5.54 Å². The summed E-state index contributed by atoms with van der Waals surface area (Å²) in [6.45, 7) is 7.91. The molecule has 16 heavy (non-hydrogen) atoms. The first-order valence-corrected chi connectivity index (χ1v) is 6.98. The lowest BCUT2D eigenvalue weighted by Crippen LogP contribution is -2.42. The molecular formula is C14H21NS. The Morgan fingerprint density at radius 2 is 2.12 bits per heavy atom. The van der Waals surface area contributed by atoms with Crippen LogP contribution in [0, 0.1) is 0 Å². The molecule has 1 aromatic carbocycles. The van der Waals surface area contributed by atoms with Crippen molar-refractivity contribution in [1.82, 2.24) is 5.32 Å². The van der Waals surface area contributed by atoms with Gasteiger partial charge in [0.05, 0.1) is 0 Å². The maximum absolute atomic E-state index is 3.66. The van der Waals surface area contributed by atoms with E-state index in [0.29, 0.717) is 5.25 Å². The third-order valence-corrected chi connectivity index (χ3v) is 4.72. The van der Waals surface area contributed by atoms with E-state index in [0.717, 1.165) is 6.54 Å². The molecule has 0 fully saturated rings. The molecular weight excluding hydrogens is 214 g/mol. The van der Waals surface area contributed by atoms with Gasteiger partial charge in [-0.25, -0.2) is 0 Å². The number of hydrogen-bond acceptors (Lipinski definition) is 2. The zero-order valence-corrected chi connectivity index (χ0v) is 11.2. The van der Waals surface area contributed by atoms with Gasteiger partial charge in [-0.1, -0.05) is 25.1 Å². The van der Waals surface area contributed by atoms with Crippen LogP contribution in [0.4, 0.5) is 0 Å². The fourth-order valence-corrected chi connectivity index (χ4v) is 3.13. The average Bonchev–Trinajstić information content (AvgIpc) is 2.69. The minimum atomic E-state index is 0.273. The number of thioether (sulfide) groups is 1. The zero-order chi connectivity index (χ0) is 11.6. The molecule has 0 aliphatic carbocycles. The second-order valence-electron chi connectivity index (χ2n) is 5.17. The van der Waals surface area contributed by atoms with Crippen molar-refractivity contribution in [2.45, 2.75) is 49.3 Å². The third-order valence-electron chi connectivity index (χ3n) is 3.41. The molecule has 1 N–H and O–H groups in total.